The number of hydrogen-bond donors (Lipinski definition) is 1. The summed E-state index contributed by atoms with van der Waals surface area (Å²) in [6.07, 6.45) is 4.03. The van der Waals surface area contributed by atoms with Gasteiger partial charge in [-0.1, -0.05) is 11.2 Å². The van der Waals surface area contributed by atoms with E-state index in [0.29, 0.717) is 24.9 Å². The highest BCUT2D eigenvalue weighted by Gasteiger charge is 2.32. The molecule has 138 valence electrons. The van der Waals surface area contributed by atoms with Crippen molar-refractivity contribution >= 4 is 5.91 Å². The van der Waals surface area contributed by atoms with Gasteiger partial charge in [0.15, 0.2) is 0 Å². The Hall–Kier alpha value is -2.48. The van der Waals surface area contributed by atoms with E-state index in [0.717, 1.165) is 37.9 Å². The third kappa shape index (κ3) is 3.85. The van der Waals surface area contributed by atoms with Crippen LogP contribution in [0, 0.1) is 0 Å². The van der Waals surface area contributed by atoms with Crippen molar-refractivity contribution < 1.29 is 14.1 Å². The third-order valence-electron chi connectivity index (χ3n) is 4.64. The van der Waals surface area contributed by atoms with Crippen LogP contribution in [0.5, 0.6) is 5.88 Å². The molecule has 8 heteroatoms. The lowest BCUT2D eigenvalue weighted by Crippen LogP contribution is -2.27. The Balaban J connectivity index is 1.44. The van der Waals surface area contributed by atoms with Crippen LogP contribution in [-0.2, 0) is 6.54 Å². The van der Waals surface area contributed by atoms with Crippen molar-refractivity contribution in [3.8, 4) is 5.88 Å². The van der Waals surface area contributed by atoms with E-state index in [1.807, 2.05) is 25.1 Å². The van der Waals surface area contributed by atoms with Gasteiger partial charge in [-0.05, 0) is 45.2 Å². The van der Waals surface area contributed by atoms with Gasteiger partial charge in [0.25, 0.3) is 11.7 Å². The van der Waals surface area contributed by atoms with Gasteiger partial charge in [0.1, 0.15) is 0 Å². The minimum atomic E-state index is -0.252. The number of carbonyl (C=O) groups is 1. The molecular formula is C18H23N5O3. The molecule has 2 aliphatic rings. The average Bonchev–Trinajstić information content (AvgIpc) is 3.12. The molecule has 3 heterocycles. The molecule has 1 saturated heterocycles. The molecule has 8 nitrogen and oxygen atoms in total. The number of aromatic nitrogens is 3. The number of carbonyl (C=O) groups excluding carboxylic acids is 1. The van der Waals surface area contributed by atoms with E-state index in [2.05, 4.69) is 25.3 Å². The smallest absolute Gasteiger partial charge is 0.292 e. The molecule has 2 aromatic heterocycles. The van der Waals surface area contributed by atoms with Crippen molar-refractivity contribution in [1.29, 1.82) is 0 Å². The first kappa shape index (κ1) is 17.0. The number of nitrogens with one attached hydrogen (secondary N) is 1. The van der Waals surface area contributed by atoms with Crippen LogP contribution < -0.4 is 10.1 Å². The van der Waals surface area contributed by atoms with Crippen molar-refractivity contribution in [3.63, 3.8) is 0 Å². The summed E-state index contributed by atoms with van der Waals surface area (Å²) in [4.78, 5) is 23.2. The predicted molar refractivity (Wildman–Crippen MR) is 92.6 cm³/mol. The fourth-order valence-electron chi connectivity index (χ4n) is 3.22. The second kappa shape index (κ2) is 7.41. The number of pyridine rings is 1. The molecule has 1 saturated carbocycles. The Morgan fingerprint density at radius 1 is 1.35 bits per heavy atom. The number of ether oxygens (including phenoxy) is 1. The molecule has 0 radical (unpaired) electrons. The van der Waals surface area contributed by atoms with E-state index < -0.39 is 0 Å². The maximum absolute atomic E-state index is 12.1. The van der Waals surface area contributed by atoms with E-state index in [-0.39, 0.29) is 23.8 Å². The first-order valence-electron chi connectivity index (χ1n) is 9.20. The molecule has 2 fully saturated rings. The fraction of sp³-hybridized carbons (Fsp3) is 0.556. The molecule has 0 aromatic carbocycles. The van der Waals surface area contributed by atoms with Gasteiger partial charge in [0.2, 0.25) is 11.8 Å². The Morgan fingerprint density at radius 2 is 2.23 bits per heavy atom. The van der Waals surface area contributed by atoms with Crippen LogP contribution in [0.15, 0.2) is 22.7 Å². The molecule has 26 heavy (non-hydrogen) atoms. The second-order valence-electron chi connectivity index (χ2n) is 6.73. The largest absolute Gasteiger partial charge is 0.478 e. The van der Waals surface area contributed by atoms with Gasteiger partial charge < -0.3 is 14.6 Å². The molecular weight excluding hydrogens is 334 g/mol. The second-order valence-corrected chi connectivity index (χ2v) is 6.73. The Morgan fingerprint density at radius 3 is 3.04 bits per heavy atom. The fourth-order valence-corrected chi connectivity index (χ4v) is 3.22. The number of amides is 1. The van der Waals surface area contributed by atoms with Crippen molar-refractivity contribution in [2.75, 3.05) is 13.2 Å². The van der Waals surface area contributed by atoms with Crippen molar-refractivity contribution in [2.24, 2.45) is 0 Å². The number of hydrogen-bond acceptors (Lipinski definition) is 7. The van der Waals surface area contributed by atoms with Crippen LogP contribution >= 0.6 is 0 Å². The Kier molecular flexibility index (Phi) is 4.83. The number of nitrogens with zero attached hydrogens (tertiary/aromatic N) is 4. The summed E-state index contributed by atoms with van der Waals surface area (Å²) in [5.74, 6) is 1.01. The van der Waals surface area contributed by atoms with Crippen molar-refractivity contribution in [3.05, 3.63) is 35.6 Å². The first-order chi connectivity index (χ1) is 12.7. The Bertz CT molecular complexity index is 774. The van der Waals surface area contributed by atoms with E-state index in [4.69, 9.17) is 9.26 Å². The molecule has 1 aliphatic heterocycles. The summed E-state index contributed by atoms with van der Waals surface area (Å²) in [6, 6.07) is 6.08. The summed E-state index contributed by atoms with van der Waals surface area (Å²) in [5, 5.41) is 6.74. The van der Waals surface area contributed by atoms with Gasteiger partial charge in [0.05, 0.1) is 18.3 Å². The van der Waals surface area contributed by atoms with Gasteiger partial charge >= 0.3 is 0 Å². The van der Waals surface area contributed by atoms with Crippen LogP contribution in [0.1, 0.15) is 60.9 Å². The van der Waals surface area contributed by atoms with E-state index in [9.17, 15) is 4.79 Å². The highest BCUT2D eigenvalue weighted by molar-refractivity contribution is 5.90. The molecule has 1 aliphatic carbocycles. The molecule has 2 aromatic rings. The summed E-state index contributed by atoms with van der Waals surface area (Å²) in [7, 11) is 0. The van der Waals surface area contributed by atoms with Crippen LogP contribution in [0.3, 0.4) is 0 Å². The third-order valence-corrected chi connectivity index (χ3v) is 4.64. The summed E-state index contributed by atoms with van der Waals surface area (Å²) < 4.78 is 10.9. The summed E-state index contributed by atoms with van der Waals surface area (Å²) in [6.45, 7) is 4.14. The molecule has 1 unspecified atom stereocenters. The minimum Gasteiger partial charge on any atom is -0.478 e. The van der Waals surface area contributed by atoms with Gasteiger partial charge in [-0.25, -0.2) is 4.98 Å². The lowest BCUT2D eigenvalue weighted by atomic mass is 10.2. The average molecular weight is 357 g/mol. The van der Waals surface area contributed by atoms with Crippen LogP contribution in [0.2, 0.25) is 0 Å². The summed E-state index contributed by atoms with van der Waals surface area (Å²) >= 11 is 0. The lowest BCUT2D eigenvalue weighted by Gasteiger charge is -2.21. The first-order valence-corrected chi connectivity index (χ1v) is 9.20. The number of rotatable bonds is 7. The van der Waals surface area contributed by atoms with Gasteiger partial charge in [0, 0.05) is 18.7 Å². The zero-order chi connectivity index (χ0) is 17.9. The molecule has 4 rings (SSSR count). The predicted octanol–water partition coefficient (Wildman–Crippen LogP) is 2.09. The Labute approximate surface area is 151 Å². The highest BCUT2D eigenvalue weighted by Crippen LogP contribution is 2.32. The van der Waals surface area contributed by atoms with E-state index in [1.165, 1.54) is 0 Å². The topological polar surface area (TPSA) is 93.4 Å². The maximum atomic E-state index is 12.1. The standard InChI is InChI=1S/C18H23N5O3/c1-2-25-15-7-3-5-13(19-15)11-23-10-4-6-14(23)18-21-16(22-26-18)17(24)20-12-8-9-12/h3,5,7,12,14H,2,4,6,8-11H2,1H3,(H,20,24). The molecule has 1 atom stereocenters. The molecule has 0 spiro atoms. The van der Waals surface area contributed by atoms with E-state index >= 15 is 0 Å². The van der Waals surface area contributed by atoms with Crippen LogP contribution in [0.4, 0.5) is 0 Å². The van der Waals surface area contributed by atoms with Crippen LogP contribution in [0.25, 0.3) is 0 Å². The van der Waals surface area contributed by atoms with Crippen LogP contribution in [-0.4, -0.2) is 45.1 Å². The quantitative estimate of drug-likeness (QED) is 0.811. The minimum absolute atomic E-state index is 0.0162. The molecule has 1 amide bonds. The zero-order valence-electron chi connectivity index (χ0n) is 14.9. The summed E-state index contributed by atoms with van der Waals surface area (Å²) in [5.41, 5.74) is 0.939. The van der Waals surface area contributed by atoms with Gasteiger partial charge in [-0.15, -0.1) is 0 Å². The molecule has 0 bridgehead atoms. The van der Waals surface area contributed by atoms with Crippen molar-refractivity contribution in [2.45, 2.75) is 51.2 Å². The monoisotopic (exact) mass is 357 g/mol. The van der Waals surface area contributed by atoms with E-state index in [1.54, 1.807) is 0 Å². The van der Waals surface area contributed by atoms with Gasteiger partial charge in [-0.3, -0.25) is 9.69 Å². The SMILES string of the molecule is CCOc1cccc(CN2CCCC2c2nc(C(=O)NC3CC3)no2)n1. The zero-order valence-corrected chi connectivity index (χ0v) is 14.9. The maximum Gasteiger partial charge on any atom is 0.292 e. The molecule has 1 N–H and O–H groups in total. The van der Waals surface area contributed by atoms with Gasteiger partial charge in [-0.2, -0.15) is 4.98 Å². The lowest BCUT2D eigenvalue weighted by molar-refractivity contribution is 0.0937. The highest BCUT2D eigenvalue weighted by atomic mass is 16.5. The normalized spacial score (nSPS) is 20.3. The number of likely N-dealkylation sites (tertiary alicyclic amines) is 1. The van der Waals surface area contributed by atoms with Crippen molar-refractivity contribution in [1.82, 2.24) is 25.3 Å².